The van der Waals surface area contributed by atoms with Crippen LogP contribution in [0.15, 0.2) is 48.9 Å². The van der Waals surface area contributed by atoms with Crippen LogP contribution in [-0.4, -0.2) is 0 Å². The number of aromatic nitrogens is 2. The van der Waals surface area contributed by atoms with E-state index in [-0.39, 0.29) is 34.0 Å². The number of rotatable bonds is 1. The molecule has 0 aliphatic carbocycles. The van der Waals surface area contributed by atoms with E-state index in [4.69, 9.17) is 0 Å². The van der Waals surface area contributed by atoms with E-state index in [1.165, 1.54) is 5.56 Å². The average Bonchev–Trinajstić information content (AvgIpc) is 2.21. The van der Waals surface area contributed by atoms with E-state index in [1.807, 2.05) is 42.9 Å². The SMILES string of the molecule is [Br-].[Br-].c1ccc(-c2cc[nH+]cc2)[nH+]c1. The lowest BCUT2D eigenvalue weighted by Gasteiger charge is -1.89. The van der Waals surface area contributed by atoms with Gasteiger partial charge in [-0.2, -0.15) is 0 Å². The fraction of sp³-hybridized carbons (Fsp3) is 0. The molecule has 0 atom stereocenters. The molecule has 0 bridgehead atoms. The molecule has 2 heterocycles. The standard InChI is InChI=1S/C10H8N2.2BrH/c1-2-6-12-10(3-1)9-4-7-11-8-5-9;;/h1-8H;2*1H. The van der Waals surface area contributed by atoms with Crippen molar-refractivity contribution in [2.45, 2.75) is 0 Å². The minimum absolute atomic E-state index is 0. The Morgan fingerprint density at radius 2 is 1.50 bits per heavy atom. The topological polar surface area (TPSA) is 28.3 Å². The number of hydrogen-bond donors (Lipinski definition) is 0. The van der Waals surface area contributed by atoms with Crippen molar-refractivity contribution < 1.29 is 43.9 Å². The van der Waals surface area contributed by atoms with Crippen LogP contribution in [0.4, 0.5) is 0 Å². The molecule has 0 radical (unpaired) electrons. The Hall–Kier alpha value is -0.740. The monoisotopic (exact) mass is 316 g/mol. The molecule has 0 aromatic carbocycles. The third-order valence-corrected chi connectivity index (χ3v) is 1.74. The Balaban J connectivity index is 0.000000845. The zero-order valence-corrected chi connectivity index (χ0v) is 10.5. The first kappa shape index (κ1) is 13.3. The van der Waals surface area contributed by atoms with Crippen molar-refractivity contribution in [2.24, 2.45) is 0 Å². The molecular weight excluding hydrogens is 308 g/mol. The molecular formula is C10H10Br2N2. The Kier molecular flexibility index (Phi) is 6.32. The highest BCUT2D eigenvalue weighted by Gasteiger charge is 2.02. The van der Waals surface area contributed by atoms with Gasteiger partial charge in [0.05, 0.1) is 5.56 Å². The van der Waals surface area contributed by atoms with Crippen molar-refractivity contribution in [3.63, 3.8) is 0 Å². The molecule has 0 unspecified atom stereocenters. The van der Waals surface area contributed by atoms with Crippen LogP contribution in [0, 0.1) is 0 Å². The summed E-state index contributed by atoms with van der Waals surface area (Å²) in [5.74, 6) is 0. The van der Waals surface area contributed by atoms with E-state index in [0.717, 1.165) is 5.69 Å². The van der Waals surface area contributed by atoms with Gasteiger partial charge in [-0.05, 0) is 6.07 Å². The molecule has 0 aliphatic heterocycles. The van der Waals surface area contributed by atoms with Crippen LogP contribution in [0.3, 0.4) is 0 Å². The molecule has 0 saturated carbocycles. The predicted molar refractivity (Wildman–Crippen MR) is 45.0 cm³/mol. The van der Waals surface area contributed by atoms with Gasteiger partial charge in [-0.1, -0.05) is 0 Å². The van der Waals surface area contributed by atoms with E-state index >= 15 is 0 Å². The number of halogens is 2. The van der Waals surface area contributed by atoms with Crippen LogP contribution < -0.4 is 43.9 Å². The summed E-state index contributed by atoms with van der Waals surface area (Å²) in [5.41, 5.74) is 2.32. The van der Waals surface area contributed by atoms with Crippen molar-refractivity contribution in [1.29, 1.82) is 0 Å². The second-order valence-corrected chi connectivity index (χ2v) is 2.56. The van der Waals surface area contributed by atoms with Crippen LogP contribution in [0.2, 0.25) is 0 Å². The smallest absolute Gasteiger partial charge is 0.211 e. The summed E-state index contributed by atoms with van der Waals surface area (Å²) in [6.07, 6.45) is 5.75. The lowest BCUT2D eigenvalue weighted by atomic mass is 10.2. The highest BCUT2D eigenvalue weighted by Crippen LogP contribution is 2.09. The Labute approximate surface area is 104 Å². The molecule has 2 rings (SSSR count). The minimum Gasteiger partial charge on any atom is -1.00 e. The van der Waals surface area contributed by atoms with Gasteiger partial charge in [0.25, 0.3) is 0 Å². The van der Waals surface area contributed by atoms with E-state index in [1.54, 1.807) is 0 Å². The van der Waals surface area contributed by atoms with Crippen molar-refractivity contribution >= 4 is 0 Å². The van der Waals surface area contributed by atoms with E-state index in [2.05, 4.69) is 16.0 Å². The summed E-state index contributed by atoms with van der Waals surface area (Å²) in [7, 11) is 0. The molecule has 4 heteroatoms. The van der Waals surface area contributed by atoms with Crippen molar-refractivity contribution in [2.75, 3.05) is 0 Å². The molecule has 74 valence electrons. The summed E-state index contributed by atoms with van der Waals surface area (Å²) in [6.45, 7) is 0. The average molecular weight is 318 g/mol. The van der Waals surface area contributed by atoms with Crippen LogP contribution in [-0.2, 0) is 0 Å². The molecule has 2 aromatic heterocycles. The summed E-state index contributed by atoms with van der Waals surface area (Å²) in [4.78, 5) is 6.16. The number of pyridine rings is 2. The molecule has 0 spiro atoms. The van der Waals surface area contributed by atoms with Gasteiger partial charge in [-0.15, -0.1) is 0 Å². The van der Waals surface area contributed by atoms with Gasteiger partial charge in [-0.25, -0.2) is 9.97 Å². The number of nitrogens with one attached hydrogen (secondary N) is 2. The maximum absolute atomic E-state index is 3.17. The first-order chi connectivity index (χ1) is 5.97. The lowest BCUT2D eigenvalue weighted by Crippen LogP contribution is -3.00. The third kappa shape index (κ3) is 3.20. The third-order valence-electron chi connectivity index (χ3n) is 1.74. The zero-order valence-electron chi connectivity index (χ0n) is 7.37. The summed E-state index contributed by atoms with van der Waals surface area (Å²) >= 11 is 0. The van der Waals surface area contributed by atoms with Gasteiger partial charge >= 0.3 is 0 Å². The summed E-state index contributed by atoms with van der Waals surface area (Å²) in [5, 5.41) is 0. The minimum atomic E-state index is 0. The van der Waals surface area contributed by atoms with E-state index in [0.29, 0.717) is 0 Å². The van der Waals surface area contributed by atoms with Gasteiger partial charge in [0.15, 0.2) is 18.6 Å². The van der Waals surface area contributed by atoms with Crippen molar-refractivity contribution in [3.05, 3.63) is 48.9 Å². The zero-order chi connectivity index (χ0) is 8.23. The highest BCUT2D eigenvalue weighted by atomic mass is 79.9. The Bertz CT molecular complexity index is 314. The molecule has 2 nitrogen and oxygen atoms in total. The van der Waals surface area contributed by atoms with Crippen LogP contribution >= 0.6 is 0 Å². The van der Waals surface area contributed by atoms with E-state index < -0.39 is 0 Å². The lowest BCUT2D eigenvalue weighted by molar-refractivity contribution is -0.379. The summed E-state index contributed by atoms with van der Waals surface area (Å²) in [6, 6.07) is 10.1. The molecule has 0 fully saturated rings. The predicted octanol–water partition coefficient (Wildman–Crippen LogP) is -5.01. The van der Waals surface area contributed by atoms with Gasteiger partial charge < -0.3 is 34.0 Å². The van der Waals surface area contributed by atoms with Gasteiger partial charge in [0.2, 0.25) is 5.69 Å². The molecule has 0 saturated heterocycles. The maximum Gasteiger partial charge on any atom is 0.211 e. The molecule has 0 aliphatic rings. The van der Waals surface area contributed by atoms with Gasteiger partial charge in [-0.3, -0.25) is 0 Å². The highest BCUT2D eigenvalue weighted by molar-refractivity contribution is 5.53. The van der Waals surface area contributed by atoms with Crippen molar-refractivity contribution in [1.82, 2.24) is 0 Å². The largest absolute Gasteiger partial charge is 1.00 e. The van der Waals surface area contributed by atoms with Gasteiger partial charge in [0, 0.05) is 24.3 Å². The first-order valence-electron chi connectivity index (χ1n) is 3.90. The summed E-state index contributed by atoms with van der Waals surface area (Å²) < 4.78 is 0. The van der Waals surface area contributed by atoms with Crippen LogP contribution in [0.25, 0.3) is 11.3 Å². The molecule has 2 aromatic rings. The Morgan fingerprint density at radius 1 is 0.786 bits per heavy atom. The fourth-order valence-corrected chi connectivity index (χ4v) is 1.14. The normalized spacial score (nSPS) is 8.29. The van der Waals surface area contributed by atoms with Crippen LogP contribution in [0.1, 0.15) is 0 Å². The fourth-order valence-electron chi connectivity index (χ4n) is 1.14. The quantitative estimate of drug-likeness (QED) is 0.504. The number of aromatic amines is 2. The Morgan fingerprint density at radius 3 is 2.07 bits per heavy atom. The number of H-pyrrole nitrogens is 2. The van der Waals surface area contributed by atoms with Crippen molar-refractivity contribution in [3.8, 4) is 11.3 Å². The first-order valence-corrected chi connectivity index (χ1v) is 3.90. The maximum atomic E-state index is 3.17. The molecule has 14 heavy (non-hydrogen) atoms. The second-order valence-electron chi connectivity index (χ2n) is 2.56. The second kappa shape index (κ2) is 6.68. The van der Waals surface area contributed by atoms with Crippen LogP contribution in [0.5, 0.6) is 0 Å². The molecule has 2 N–H and O–H groups in total. The number of hydrogen-bond acceptors (Lipinski definition) is 0. The van der Waals surface area contributed by atoms with Gasteiger partial charge in [0.1, 0.15) is 0 Å². The van der Waals surface area contributed by atoms with E-state index in [9.17, 15) is 0 Å². The molecule has 0 amide bonds.